The molecule has 0 spiro atoms. The van der Waals surface area contributed by atoms with Crippen LogP contribution in [-0.2, 0) is 6.61 Å². The number of aromatic nitrogens is 1. The summed E-state index contributed by atoms with van der Waals surface area (Å²) in [6.07, 6.45) is 4.16. The SMILES string of the molecule is Cc1cc(COc2cccc(/C=C/C3=NCCN(C)c4ccccc43)c2)no1. The van der Waals surface area contributed by atoms with Gasteiger partial charge in [-0.2, -0.15) is 0 Å². The van der Waals surface area contributed by atoms with E-state index in [4.69, 9.17) is 14.3 Å². The lowest BCUT2D eigenvalue weighted by Gasteiger charge is -2.18. The summed E-state index contributed by atoms with van der Waals surface area (Å²) in [4.78, 5) is 7.02. The van der Waals surface area contributed by atoms with Crippen LogP contribution >= 0.6 is 0 Å². The smallest absolute Gasteiger partial charge is 0.134 e. The molecule has 0 amide bonds. The van der Waals surface area contributed by atoms with Crippen molar-refractivity contribution in [3.63, 3.8) is 0 Å². The molecule has 3 aromatic rings. The molecule has 5 nitrogen and oxygen atoms in total. The number of nitrogens with zero attached hydrogens (tertiary/aromatic N) is 3. The summed E-state index contributed by atoms with van der Waals surface area (Å²) in [6.45, 7) is 3.95. The van der Waals surface area contributed by atoms with Gasteiger partial charge in [0.25, 0.3) is 0 Å². The van der Waals surface area contributed by atoms with Crippen molar-refractivity contribution in [3.05, 3.63) is 83.3 Å². The van der Waals surface area contributed by atoms with Gasteiger partial charge in [0, 0.05) is 30.9 Å². The molecular weight excluding hydrogens is 350 g/mol. The summed E-state index contributed by atoms with van der Waals surface area (Å²) in [6, 6.07) is 18.3. The lowest BCUT2D eigenvalue weighted by atomic mass is 10.1. The lowest BCUT2D eigenvalue weighted by Crippen LogP contribution is -2.20. The van der Waals surface area contributed by atoms with Gasteiger partial charge in [-0.15, -0.1) is 0 Å². The third kappa shape index (κ3) is 4.14. The summed E-state index contributed by atoms with van der Waals surface area (Å²) < 4.78 is 10.9. The third-order valence-electron chi connectivity index (χ3n) is 4.66. The standard InChI is InChI=1S/C23H23N3O2/c1-17-14-19(25-28-17)16-27-20-7-5-6-18(15-20)10-11-22-21-8-3-4-9-23(21)26(2)13-12-24-22/h3-11,14-15H,12-13,16H2,1-2H3/b11-10+. The Hall–Kier alpha value is -3.34. The van der Waals surface area contributed by atoms with E-state index in [1.54, 1.807) is 0 Å². The molecule has 142 valence electrons. The summed E-state index contributed by atoms with van der Waals surface area (Å²) in [5, 5.41) is 3.95. The average molecular weight is 373 g/mol. The fraction of sp³-hybridized carbons (Fsp3) is 0.217. The van der Waals surface area contributed by atoms with Crippen LogP contribution in [0.1, 0.15) is 22.6 Å². The van der Waals surface area contributed by atoms with Crippen molar-refractivity contribution in [1.29, 1.82) is 0 Å². The van der Waals surface area contributed by atoms with Gasteiger partial charge in [-0.1, -0.05) is 41.6 Å². The molecule has 0 bridgehead atoms. The number of rotatable bonds is 5. The number of hydrogen-bond donors (Lipinski definition) is 0. The van der Waals surface area contributed by atoms with E-state index >= 15 is 0 Å². The average Bonchev–Trinajstić information content (AvgIpc) is 3.07. The van der Waals surface area contributed by atoms with E-state index < -0.39 is 0 Å². The quantitative estimate of drug-likeness (QED) is 0.660. The second-order valence-corrected chi connectivity index (χ2v) is 6.83. The van der Waals surface area contributed by atoms with Crippen LogP contribution in [0.15, 0.2) is 70.2 Å². The normalized spacial score (nSPS) is 13.9. The molecule has 5 heteroatoms. The summed E-state index contributed by atoms with van der Waals surface area (Å²) in [5.74, 6) is 1.58. The Kier molecular flexibility index (Phi) is 5.24. The zero-order valence-electron chi connectivity index (χ0n) is 16.1. The molecule has 0 fully saturated rings. The highest BCUT2D eigenvalue weighted by Crippen LogP contribution is 2.23. The largest absolute Gasteiger partial charge is 0.487 e. The highest BCUT2D eigenvalue weighted by atomic mass is 16.5. The first-order valence-electron chi connectivity index (χ1n) is 9.37. The van der Waals surface area contributed by atoms with E-state index in [0.717, 1.165) is 47.1 Å². The Morgan fingerprint density at radius 3 is 2.86 bits per heavy atom. The van der Waals surface area contributed by atoms with Crippen molar-refractivity contribution in [3.8, 4) is 5.75 Å². The fourth-order valence-corrected chi connectivity index (χ4v) is 3.22. The number of aliphatic imine (C=N–C) groups is 1. The van der Waals surface area contributed by atoms with Crippen molar-refractivity contribution in [2.24, 2.45) is 4.99 Å². The third-order valence-corrected chi connectivity index (χ3v) is 4.66. The number of aryl methyl sites for hydroxylation is 1. The summed E-state index contributed by atoms with van der Waals surface area (Å²) in [7, 11) is 2.11. The molecule has 28 heavy (non-hydrogen) atoms. The van der Waals surface area contributed by atoms with Crippen LogP contribution in [0.5, 0.6) is 5.75 Å². The molecular formula is C23H23N3O2. The molecule has 1 aliphatic rings. The Morgan fingerprint density at radius 1 is 1.11 bits per heavy atom. The molecule has 2 heterocycles. The highest BCUT2D eigenvalue weighted by Gasteiger charge is 2.13. The molecule has 0 atom stereocenters. The maximum absolute atomic E-state index is 5.83. The molecule has 1 aliphatic heterocycles. The second-order valence-electron chi connectivity index (χ2n) is 6.83. The van der Waals surface area contributed by atoms with Gasteiger partial charge < -0.3 is 14.2 Å². The molecule has 2 aromatic carbocycles. The monoisotopic (exact) mass is 373 g/mol. The molecule has 0 N–H and O–H groups in total. The van der Waals surface area contributed by atoms with Crippen molar-refractivity contribution >= 4 is 17.5 Å². The van der Waals surface area contributed by atoms with Gasteiger partial charge in [0.2, 0.25) is 0 Å². The number of ether oxygens (including phenoxy) is 1. The predicted octanol–water partition coefficient (Wildman–Crippen LogP) is 4.51. The van der Waals surface area contributed by atoms with Gasteiger partial charge in [-0.25, -0.2) is 0 Å². The van der Waals surface area contributed by atoms with Gasteiger partial charge in [0.05, 0.1) is 12.3 Å². The van der Waals surface area contributed by atoms with Crippen LogP contribution in [0.3, 0.4) is 0 Å². The van der Waals surface area contributed by atoms with E-state index in [-0.39, 0.29) is 0 Å². The zero-order chi connectivity index (χ0) is 19.3. The number of fused-ring (bicyclic) bond motifs is 1. The van der Waals surface area contributed by atoms with Crippen LogP contribution in [0.25, 0.3) is 6.08 Å². The number of hydrogen-bond acceptors (Lipinski definition) is 5. The first-order chi connectivity index (χ1) is 13.7. The second kappa shape index (κ2) is 8.13. The lowest BCUT2D eigenvalue weighted by molar-refractivity contribution is 0.288. The fourth-order valence-electron chi connectivity index (χ4n) is 3.22. The summed E-state index contributed by atoms with van der Waals surface area (Å²) >= 11 is 0. The number of para-hydroxylation sites is 1. The van der Waals surface area contributed by atoms with E-state index in [9.17, 15) is 0 Å². The molecule has 4 rings (SSSR count). The van der Waals surface area contributed by atoms with Crippen LogP contribution in [0, 0.1) is 6.92 Å². The number of anilines is 1. The van der Waals surface area contributed by atoms with E-state index in [0.29, 0.717) is 6.61 Å². The minimum atomic E-state index is 0.386. The maximum atomic E-state index is 5.83. The van der Waals surface area contributed by atoms with Gasteiger partial charge in [0.15, 0.2) is 0 Å². The van der Waals surface area contributed by atoms with Gasteiger partial charge in [0.1, 0.15) is 23.8 Å². The Morgan fingerprint density at radius 2 is 2.00 bits per heavy atom. The first-order valence-corrected chi connectivity index (χ1v) is 9.37. The van der Waals surface area contributed by atoms with Gasteiger partial charge >= 0.3 is 0 Å². The number of likely N-dealkylation sites (N-methyl/N-ethyl adjacent to an activating group) is 1. The molecule has 0 saturated heterocycles. The molecule has 0 saturated carbocycles. The Bertz CT molecular complexity index is 1020. The first kappa shape index (κ1) is 18.0. The van der Waals surface area contributed by atoms with E-state index in [1.807, 2.05) is 31.2 Å². The summed E-state index contributed by atoms with van der Waals surface area (Å²) in [5.41, 5.74) is 5.22. The van der Waals surface area contributed by atoms with Crippen molar-refractivity contribution in [1.82, 2.24) is 5.16 Å². The Labute approximate surface area is 165 Å². The number of allylic oxidation sites excluding steroid dienone is 1. The number of benzene rings is 2. The van der Waals surface area contributed by atoms with Crippen LogP contribution in [0.2, 0.25) is 0 Å². The van der Waals surface area contributed by atoms with Gasteiger partial charge in [-0.3, -0.25) is 4.99 Å². The molecule has 0 radical (unpaired) electrons. The van der Waals surface area contributed by atoms with Crippen LogP contribution < -0.4 is 9.64 Å². The van der Waals surface area contributed by atoms with Crippen molar-refractivity contribution in [2.75, 3.05) is 25.0 Å². The van der Waals surface area contributed by atoms with E-state index in [1.165, 1.54) is 5.69 Å². The van der Waals surface area contributed by atoms with Crippen LogP contribution in [-0.4, -0.2) is 31.0 Å². The minimum absolute atomic E-state index is 0.386. The maximum Gasteiger partial charge on any atom is 0.134 e. The molecule has 0 unspecified atom stereocenters. The zero-order valence-corrected chi connectivity index (χ0v) is 16.1. The molecule has 0 aliphatic carbocycles. The van der Waals surface area contributed by atoms with E-state index in [2.05, 4.69) is 59.6 Å². The predicted molar refractivity (Wildman–Crippen MR) is 112 cm³/mol. The highest BCUT2D eigenvalue weighted by molar-refractivity contribution is 6.14. The minimum Gasteiger partial charge on any atom is -0.487 e. The van der Waals surface area contributed by atoms with Gasteiger partial charge in [-0.05, 0) is 36.8 Å². The van der Waals surface area contributed by atoms with Crippen molar-refractivity contribution < 1.29 is 9.26 Å². The number of benzodiazepines with no additional fused rings is 1. The van der Waals surface area contributed by atoms with Crippen LogP contribution in [0.4, 0.5) is 5.69 Å². The Balaban J connectivity index is 1.50. The molecule has 1 aromatic heterocycles. The van der Waals surface area contributed by atoms with Crippen molar-refractivity contribution in [2.45, 2.75) is 13.5 Å². The topological polar surface area (TPSA) is 50.9 Å².